The van der Waals surface area contributed by atoms with Crippen molar-refractivity contribution in [1.29, 1.82) is 0 Å². The second kappa shape index (κ2) is 7.35. The number of rotatable bonds is 7. The molecule has 0 aliphatic carbocycles. The quantitative estimate of drug-likeness (QED) is 0.550. The number of hydrogen-bond acceptors (Lipinski definition) is 3. The van der Waals surface area contributed by atoms with Crippen molar-refractivity contribution in [3.63, 3.8) is 0 Å². The summed E-state index contributed by atoms with van der Waals surface area (Å²) in [6.07, 6.45) is 1.69. The van der Waals surface area contributed by atoms with Crippen LogP contribution in [0.25, 0.3) is 0 Å². The Bertz CT molecular complexity index is 883. The van der Waals surface area contributed by atoms with Crippen molar-refractivity contribution in [1.82, 2.24) is 4.31 Å². The van der Waals surface area contributed by atoms with Gasteiger partial charge in [0.2, 0.25) is 10.0 Å². The summed E-state index contributed by atoms with van der Waals surface area (Å²) >= 11 is 0. The van der Waals surface area contributed by atoms with Gasteiger partial charge in [-0.05, 0) is 37.5 Å². The van der Waals surface area contributed by atoms with Gasteiger partial charge in [-0.1, -0.05) is 54.1 Å². The van der Waals surface area contributed by atoms with Crippen LogP contribution in [-0.2, 0) is 21.4 Å². The van der Waals surface area contributed by atoms with Gasteiger partial charge in [0, 0.05) is 0 Å². The van der Waals surface area contributed by atoms with E-state index >= 15 is 0 Å². The average molecular weight is 372 g/mol. The minimum absolute atomic E-state index is 0.193. The van der Waals surface area contributed by atoms with E-state index in [9.17, 15) is 8.42 Å². The third-order valence-electron chi connectivity index (χ3n) is 4.71. The summed E-state index contributed by atoms with van der Waals surface area (Å²) in [7, 11) is -3.57. The molecule has 3 rings (SSSR count). The molecule has 0 bridgehead atoms. The van der Waals surface area contributed by atoms with Gasteiger partial charge in [-0.25, -0.2) is 8.42 Å². The smallest absolute Gasteiger partial charge is 0.244 e. The maximum Gasteiger partial charge on any atom is 0.244 e. The van der Waals surface area contributed by atoms with Crippen LogP contribution in [-0.4, -0.2) is 31.4 Å². The molecule has 2 aromatic rings. The summed E-state index contributed by atoms with van der Waals surface area (Å²) < 4.78 is 33.6. The average Bonchev–Trinajstić information content (AvgIpc) is 3.29. The molecular weight excluding hydrogens is 346 g/mol. The van der Waals surface area contributed by atoms with Crippen LogP contribution < -0.4 is 0 Å². The first-order valence-electron chi connectivity index (χ1n) is 8.72. The lowest BCUT2D eigenvalue weighted by atomic mass is 10.1. The fourth-order valence-electron chi connectivity index (χ4n) is 3.60. The maximum atomic E-state index is 13.2. The highest BCUT2D eigenvalue weighted by atomic mass is 32.2. The highest BCUT2D eigenvalue weighted by molar-refractivity contribution is 7.89. The first-order valence-corrected chi connectivity index (χ1v) is 10.2. The minimum Gasteiger partial charge on any atom is -0.375 e. The van der Waals surface area contributed by atoms with Crippen LogP contribution in [0.1, 0.15) is 22.3 Å². The number of aryl methyl sites for hydroxylation is 3. The molecule has 138 valence electrons. The normalized spacial score (nSPS) is 22.2. The molecule has 2 aromatic carbocycles. The molecular formula is C21H25NO3S. The molecule has 0 aromatic heterocycles. The fraction of sp³-hybridized carbons (Fsp3) is 0.333. The van der Waals surface area contributed by atoms with Crippen molar-refractivity contribution in [2.45, 2.75) is 44.4 Å². The molecule has 0 amide bonds. The van der Waals surface area contributed by atoms with Crippen molar-refractivity contribution in [2.75, 3.05) is 6.61 Å². The Morgan fingerprint density at radius 1 is 1.12 bits per heavy atom. The molecule has 1 aliphatic heterocycles. The van der Waals surface area contributed by atoms with Crippen LogP contribution in [0.15, 0.2) is 60.0 Å². The Morgan fingerprint density at radius 2 is 1.73 bits per heavy atom. The van der Waals surface area contributed by atoms with Crippen LogP contribution in [0.4, 0.5) is 0 Å². The van der Waals surface area contributed by atoms with Gasteiger partial charge < -0.3 is 4.74 Å². The molecule has 1 fully saturated rings. The van der Waals surface area contributed by atoms with Gasteiger partial charge in [-0.2, -0.15) is 4.31 Å². The lowest BCUT2D eigenvalue weighted by Crippen LogP contribution is -2.19. The number of benzene rings is 2. The van der Waals surface area contributed by atoms with Crippen LogP contribution in [0.2, 0.25) is 0 Å². The van der Waals surface area contributed by atoms with E-state index in [1.165, 1.54) is 4.31 Å². The number of nitrogens with zero attached hydrogens (tertiary/aromatic N) is 1. The van der Waals surface area contributed by atoms with Crippen molar-refractivity contribution in [3.8, 4) is 0 Å². The van der Waals surface area contributed by atoms with Crippen molar-refractivity contribution < 1.29 is 13.2 Å². The van der Waals surface area contributed by atoms with E-state index in [0.717, 1.165) is 22.3 Å². The summed E-state index contributed by atoms with van der Waals surface area (Å²) in [6.45, 7) is 10.3. The van der Waals surface area contributed by atoms with E-state index < -0.39 is 10.0 Å². The lowest BCUT2D eigenvalue weighted by molar-refractivity contribution is 0.118. The monoisotopic (exact) mass is 371 g/mol. The first kappa shape index (κ1) is 18.8. The third-order valence-corrected chi connectivity index (χ3v) is 6.94. The molecule has 0 saturated carbocycles. The standard InChI is InChI=1S/C21H25NO3S/c1-5-19-20(14-25-13-18-9-7-6-8-10-18)22(19)26(23,24)21-16(3)11-15(2)12-17(21)4/h5-12,19-20H,1,13-14H2,2-4H3/t19-,20-,22?/m1/s1. The zero-order chi connectivity index (χ0) is 18.9. The third kappa shape index (κ3) is 3.61. The molecule has 3 atom stereocenters. The fourth-order valence-corrected chi connectivity index (χ4v) is 5.78. The summed E-state index contributed by atoms with van der Waals surface area (Å²) in [5.74, 6) is 0. The Hall–Kier alpha value is -1.95. The van der Waals surface area contributed by atoms with E-state index in [-0.39, 0.29) is 12.1 Å². The van der Waals surface area contributed by atoms with Gasteiger partial charge in [0.25, 0.3) is 0 Å². The second-order valence-electron chi connectivity index (χ2n) is 6.86. The van der Waals surface area contributed by atoms with Crippen molar-refractivity contribution in [2.24, 2.45) is 0 Å². The minimum atomic E-state index is -3.57. The Labute approximate surface area is 156 Å². The highest BCUT2D eigenvalue weighted by Crippen LogP contribution is 2.39. The van der Waals surface area contributed by atoms with Crippen molar-refractivity contribution >= 4 is 10.0 Å². The van der Waals surface area contributed by atoms with E-state index in [1.807, 2.05) is 63.2 Å². The molecule has 5 heteroatoms. The molecule has 1 heterocycles. The van der Waals surface area contributed by atoms with Gasteiger partial charge in [-0.15, -0.1) is 6.58 Å². The topological polar surface area (TPSA) is 46.4 Å². The largest absolute Gasteiger partial charge is 0.375 e. The maximum absolute atomic E-state index is 13.2. The molecule has 4 nitrogen and oxygen atoms in total. The van der Waals surface area contributed by atoms with Crippen molar-refractivity contribution in [3.05, 3.63) is 77.4 Å². The number of sulfonamides is 1. The zero-order valence-corrected chi connectivity index (χ0v) is 16.3. The number of ether oxygens (including phenoxy) is 1. The van der Waals surface area contributed by atoms with Crippen LogP contribution >= 0.6 is 0 Å². The summed E-state index contributed by atoms with van der Waals surface area (Å²) in [4.78, 5) is 0.403. The van der Waals surface area contributed by atoms with Crippen LogP contribution in [0.3, 0.4) is 0 Å². The second-order valence-corrected chi connectivity index (χ2v) is 8.64. The van der Waals surface area contributed by atoms with Gasteiger partial charge in [0.15, 0.2) is 0 Å². The summed E-state index contributed by atoms with van der Waals surface area (Å²) in [6, 6.07) is 13.3. The van der Waals surface area contributed by atoms with Gasteiger partial charge in [0.05, 0.1) is 30.2 Å². The van der Waals surface area contributed by atoms with E-state index in [0.29, 0.717) is 18.1 Å². The zero-order valence-electron chi connectivity index (χ0n) is 15.5. The lowest BCUT2D eigenvalue weighted by Gasteiger charge is -2.13. The predicted molar refractivity (Wildman–Crippen MR) is 104 cm³/mol. The van der Waals surface area contributed by atoms with E-state index in [1.54, 1.807) is 6.08 Å². The molecule has 1 saturated heterocycles. The SMILES string of the molecule is C=C[C@@H]1[C@@H](COCc2ccccc2)N1S(=O)(=O)c1c(C)cc(C)cc1C. The summed E-state index contributed by atoms with van der Waals surface area (Å²) in [5.41, 5.74) is 3.69. The van der Waals surface area contributed by atoms with Crippen LogP contribution in [0, 0.1) is 20.8 Å². The molecule has 0 N–H and O–H groups in total. The highest BCUT2D eigenvalue weighted by Gasteiger charge is 2.54. The molecule has 26 heavy (non-hydrogen) atoms. The van der Waals surface area contributed by atoms with E-state index in [2.05, 4.69) is 6.58 Å². The molecule has 0 spiro atoms. The first-order chi connectivity index (χ1) is 12.4. The van der Waals surface area contributed by atoms with Crippen LogP contribution in [0.5, 0.6) is 0 Å². The Morgan fingerprint density at radius 3 is 2.31 bits per heavy atom. The van der Waals surface area contributed by atoms with Gasteiger partial charge in [0.1, 0.15) is 0 Å². The van der Waals surface area contributed by atoms with Gasteiger partial charge in [-0.3, -0.25) is 0 Å². The molecule has 1 aliphatic rings. The van der Waals surface area contributed by atoms with E-state index in [4.69, 9.17) is 4.74 Å². The van der Waals surface area contributed by atoms with Gasteiger partial charge >= 0.3 is 0 Å². The Balaban J connectivity index is 1.75. The summed E-state index contributed by atoms with van der Waals surface area (Å²) in [5, 5.41) is 0. The Kier molecular flexibility index (Phi) is 5.32. The number of hydrogen-bond donors (Lipinski definition) is 0. The molecule has 0 radical (unpaired) electrons. The predicted octanol–water partition coefficient (Wildman–Crippen LogP) is 3.76. The molecule has 1 unspecified atom stereocenters.